The van der Waals surface area contributed by atoms with Crippen LogP contribution in [0.3, 0.4) is 0 Å². The Morgan fingerprint density at radius 2 is 1.50 bits per heavy atom. The van der Waals surface area contributed by atoms with Crippen molar-refractivity contribution in [1.29, 1.82) is 0 Å². The van der Waals surface area contributed by atoms with E-state index in [1.54, 1.807) is 0 Å². The van der Waals surface area contributed by atoms with Crippen molar-refractivity contribution in [2.45, 2.75) is 6.18 Å². The molecule has 0 fully saturated rings. The van der Waals surface area contributed by atoms with Gasteiger partial charge in [0.05, 0.1) is 0 Å². The van der Waals surface area contributed by atoms with Gasteiger partial charge in [0.15, 0.2) is 0 Å². The van der Waals surface area contributed by atoms with Gasteiger partial charge >= 0.3 is 64.5 Å². The summed E-state index contributed by atoms with van der Waals surface area (Å²) < 4.78 is 70.4. The van der Waals surface area contributed by atoms with Gasteiger partial charge in [-0.3, -0.25) is 0 Å². The van der Waals surface area contributed by atoms with Crippen LogP contribution in [0.5, 0.6) is 0 Å². The van der Waals surface area contributed by atoms with Gasteiger partial charge in [-0.25, -0.2) is 0 Å². The van der Waals surface area contributed by atoms with Crippen LogP contribution in [-0.4, -0.2) is 26.3 Å². The third-order valence-corrected chi connectivity index (χ3v) is 0.573. The fraction of sp³-hybridized carbons (Fsp3) is 1.00. The van der Waals surface area contributed by atoms with E-state index in [0.29, 0.717) is 0 Å². The van der Waals surface area contributed by atoms with Crippen LogP contribution in [-0.2, 0) is 4.74 Å². The Balaban J connectivity index is 0. The Kier molecular flexibility index (Phi) is 7.67. The Labute approximate surface area is 107 Å². The molecule has 0 aromatic rings. The first-order chi connectivity index (χ1) is 4.71. The van der Waals surface area contributed by atoms with Crippen LogP contribution in [0, 0.1) is 0 Å². The summed E-state index contributed by atoms with van der Waals surface area (Å²) in [5, 5.41) is 0. The predicted molar refractivity (Wildman–Crippen MR) is 26.0 cm³/mol. The number of hydrogen-bond acceptors (Lipinski definition) is 1. The summed E-state index contributed by atoms with van der Waals surface area (Å²) in [6.45, 7) is -8.94. The van der Waals surface area contributed by atoms with Crippen LogP contribution in [0.2, 0.25) is 0 Å². The van der Waals surface area contributed by atoms with Crippen molar-refractivity contribution < 1.29 is 82.2 Å². The first-order valence-electron chi connectivity index (χ1n) is 2.56. The monoisotopic (exact) mass is 220 g/mol. The van der Waals surface area contributed by atoms with Gasteiger partial charge in [-0.05, 0) is 0 Å². The molecule has 0 saturated heterocycles. The second-order valence-electron chi connectivity index (χ2n) is 1.84. The number of rotatable bonds is 3. The average Bonchev–Trinajstić information content (AvgIpc) is 1.55. The van der Waals surface area contributed by atoms with Crippen molar-refractivity contribution in [3.63, 3.8) is 0 Å². The Hall–Kier alpha value is 1.24. The quantitative estimate of drug-likeness (QED) is 0.436. The molecule has 0 amide bonds. The number of alkyl halides is 3. The summed E-state index contributed by atoms with van der Waals surface area (Å²) >= 11 is 0. The fourth-order valence-corrected chi connectivity index (χ4v) is 0.308. The number of hydrogen-bond donors (Lipinski definition) is 0. The molecule has 0 aromatic heterocycles. The third-order valence-electron chi connectivity index (χ3n) is 0.573. The molecule has 0 unspecified atom stereocenters. The van der Waals surface area contributed by atoms with Crippen molar-refractivity contribution in [3.8, 4) is 0 Å². The summed E-state index contributed by atoms with van der Waals surface area (Å²) in [4.78, 5) is 0. The molecule has 0 bridgehead atoms. The van der Waals surface area contributed by atoms with E-state index in [2.05, 4.69) is 4.74 Å². The molecular formula is C3H4BF6KO. The topological polar surface area (TPSA) is 9.23 Å². The molecule has 0 heterocycles. The molecule has 12 heavy (non-hydrogen) atoms. The zero-order chi connectivity index (χ0) is 9.12. The molecule has 0 radical (unpaired) electrons. The maximum Gasteiger partial charge on any atom is 1.00 e. The smallest absolute Gasteiger partial charge is 0.447 e. The van der Waals surface area contributed by atoms with Gasteiger partial charge in [-0.1, -0.05) is 0 Å². The normalized spacial score (nSPS) is 12.5. The van der Waals surface area contributed by atoms with Crippen LogP contribution in [0.15, 0.2) is 0 Å². The number of halogens is 6. The van der Waals surface area contributed by atoms with Gasteiger partial charge in [0, 0.05) is 6.51 Å². The molecule has 0 aliphatic heterocycles. The maximum absolute atomic E-state index is 11.2. The van der Waals surface area contributed by atoms with E-state index in [0.717, 1.165) is 0 Å². The van der Waals surface area contributed by atoms with Gasteiger partial charge < -0.3 is 17.7 Å². The Morgan fingerprint density at radius 3 is 1.75 bits per heavy atom. The zero-order valence-corrected chi connectivity index (χ0v) is 9.29. The molecule has 0 N–H and O–H groups in total. The fourth-order valence-electron chi connectivity index (χ4n) is 0.308. The van der Waals surface area contributed by atoms with E-state index in [-0.39, 0.29) is 51.4 Å². The van der Waals surface area contributed by atoms with Crippen molar-refractivity contribution in [3.05, 3.63) is 0 Å². The second-order valence-corrected chi connectivity index (χ2v) is 1.84. The minimum atomic E-state index is -5.28. The van der Waals surface area contributed by atoms with Crippen molar-refractivity contribution in [2.24, 2.45) is 0 Å². The molecule has 0 aliphatic carbocycles. The maximum atomic E-state index is 11.2. The SMILES string of the molecule is F[B-](F)(F)COCC(F)(F)F.[K+]. The number of ether oxygens (including phenoxy) is 1. The van der Waals surface area contributed by atoms with Crippen molar-refractivity contribution >= 4 is 6.98 Å². The molecule has 0 spiro atoms. The predicted octanol–water partition coefficient (Wildman–Crippen LogP) is -1.04. The molecule has 0 aliphatic rings. The summed E-state index contributed by atoms with van der Waals surface area (Å²) in [6.07, 6.45) is -4.69. The Bertz CT molecular complexity index is 107. The first-order valence-corrected chi connectivity index (χ1v) is 2.56. The van der Waals surface area contributed by atoms with Crippen molar-refractivity contribution in [2.75, 3.05) is 13.1 Å². The largest absolute Gasteiger partial charge is 1.00 e. The molecular weight excluding hydrogens is 216 g/mol. The van der Waals surface area contributed by atoms with Gasteiger partial charge in [-0.15, -0.1) is 0 Å². The molecule has 0 saturated carbocycles. The van der Waals surface area contributed by atoms with Crippen LogP contribution >= 0.6 is 0 Å². The summed E-state index contributed by atoms with van der Waals surface area (Å²) in [7, 11) is 0. The van der Waals surface area contributed by atoms with Gasteiger partial charge in [0.25, 0.3) is 0 Å². The van der Waals surface area contributed by atoms with E-state index in [9.17, 15) is 26.1 Å². The van der Waals surface area contributed by atoms with Gasteiger partial charge in [0.2, 0.25) is 0 Å². The van der Waals surface area contributed by atoms with E-state index in [4.69, 9.17) is 0 Å². The van der Waals surface area contributed by atoms with Crippen LogP contribution in [0.25, 0.3) is 0 Å². The minimum absolute atomic E-state index is 0. The second kappa shape index (κ2) is 5.86. The zero-order valence-electron chi connectivity index (χ0n) is 6.17. The average molecular weight is 220 g/mol. The molecule has 1 nitrogen and oxygen atoms in total. The van der Waals surface area contributed by atoms with Crippen LogP contribution in [0.4, 0.5) is 26.1 Å². The molecule has 0 rings (SSSR count). The van der Waals surface area contributed by atoms with E-state index >= 15 is 0 Å². The molecule has 68 valence electrons. The first kappa shape index (κ1) is 15.7. The molecule has 0 aromatic carbocycles. The molecule has 9 heteroatoms. The summed E-state index contributed by atoms with van der Waals surface area (Å²) in [5.74, 6) is 0. The summed E-state index contributed by atoms with van der Waals surface area (Å²) in [6, 6.07) is 0. The van der Waals surface area contributed by atoms with Crippen LogP contribution in [0.1, 0.15) is 0 Å². The summed E-state index contributed by atoms with van der Waals surface area (Å²) in [5.41, 5.74) is 0. The van der Waals surface area contributed by atoms with Gasteiger partial charge in [0.1, 0.15) is 6.61 Å². The van der Waals surface area contributed by atoms with Crippen molar-refractivity contribution in [1.82, 2.24) is 0 Å². The standard InChI is InChI=1S/C3H4BF6O.K/c5-3(6,7)1-11-2-4(8,9)10;/h1-2H2;/q-1;+1. The van der Waals surface area contributed by atoms with E-state index in [1.165, 1.54) is 0 Å². The molecule has 0 atom stereocenters. The Morgan fingerprint density at radius 1 is 1.08 bits per heavy atom. The van der Waals surface area contributed by atoms with E-state index in [1.807, 2.05) is 0 Å². The third kappa shape index (κ3) is 13.8. The minimum Gasteiger partial charge on any atom is -0.447 e. The van der Waals surface area contributed by atoms with Gasteiger partial charge in [-0.2, -0.15) is 13.2 Å². The van der Waals surface area contributed by atoms with E-state index < -0.39 is 26.3 Å². The van der Waals surface area contributed by atoms with Crippen LogP contribution < -0.4 is 51.4 Å².